The van der Waals surface area contributed by atoms with E-state index in [1.54, 1.807) is 0 Å². The molecule has 158 valence electrons. The number of aromatic nitrogens is 1. The molecule has 5 rings (SSSR count). The van der Waals surface area contributed by atoms with Crippen LogP contribution in [0.1, 0.15) is 54.1 Å². The molecule has 3 nitrogen and oxygen atoms in total. The van der Waals surface area contributed by atoms with Crippen LogP contribution in [0, 0.1) is 11.8 Å². The van der Waals surface area contributed by atoms with Crippen molar-refractivity contribution in [1.29, 1.82) is 0 Å². The van der Waals surface area contributed by atoms with Gasteiger partial charge in [0, 0.05) is 25.7 Å². The third-order valence-corrected chi connectivity index (χ3v) is 8.34. The smallest absolute Gasteiger partial charge is 0.0788 e. The highest BCUT2D eigenvalue weighted by Crippen LogP contribution is 2.44. The van der Waals surface area contributed by atoms with Crippen LogP contribution in [0.2, 0.25) is 5.02 Å². The molecule has 2 fully saturated rings. The maximum Gasteiger partial charge on any atom is 0.0788 e. The largest absolute Gasteiger partial charge is 0.317 e. The highest BCUT2D eigenvalue weighted by atomic mass is 79.9. The molecule has 6 heteroatoms. The van der Waals surface area contributed by atoms with Crippen molar-refractivity contribution >= 4 is 54.0 Å². The van der Waals surface area contributed by atoms with Gasteiger partial charge in [-0.15, -0.1) is 0 Å². The summed E-state index contributed by atoms with van der Waals surface area (Å²) in [4.78, 5) is 7.56. The Morgan fingerprint density at radius 1 is 1.00 bits per heavy atom. The van der Waals surface area contributed by atoms with Gasteiger partial charge in [-0.25, -0.2) is 0 Å². The van der Waals surface area contributed by atoms with Crippen LogP contribution < -0.4 is 5.32 Å². The summed E-state index contributed by atoms with van der Waals surface area (Å²) in [5.74, 6) is 1.76. The number of pyridine rings is 1. The number of likely N-dealkylation sites (tertiary alicyclic amines) is 1. The number of halogens is 3. The Hall–Kier alpha value is -0.720. The molecule has 0 radical (unpaired) electrons. The highest BCUT2D eigenvalue weighted by Gasteiger charge is 2.35. The second-order valence-corrected chi connectivity index (χ2v) is 10.9. The minimum atomic E-state index is 0.153. The van der Waals surface area contributed by atoms with Crippen LogP contribution in [-0.2, 0) is 0 Å². The number of rotatable bonds is 2. The van der Waals surface area contributed by atoms with E-state index < -0.39 is 0 Å². The summed E-state index contributed by atoms with van der Waals surface area (Å²) in [6.45, 7) is 4.62. The van der Waals surface area contributed by atoms with Crippen molar-refractivity contribution in [3.05, 3.63) is 62.3 Å². The quantitative estimate of drug-likeness (QED) is 0.462. The van der Waals surface area contributed by atoms with Crippen LogP contribution >= 0.6 is 43.5 Å². The third kappa shape index (κ3) is 4.16. The van der Waals surface area contributed by atoms with Crippen molar-refractivity contribution in [2.75, 3.05) is 26.2 Å². The molecule has 0 bridgehead atoms. The number of hydrogen-bond donors (Lipinski definition) is 1. The van der Waals surface area contributed by atoms with Crippen LogP contribution in [0.3, 0.4) is 0 Å². The fourth-order valence-electron chi connectivity index (χ4n) is 5.47. The van der Waals surface area contributed by atoms with Crippen LogP contribution in [0.25, 0.3) is 10.6 Å². The van der Waals surface area contributed by atoms with Gasteiger partial charge in [-0.2, -0.15) is 0 Å². The maximum absolute atomic E-state index is 6.37. The van der Waals surface area contributed by atoms with Gasteiger partial charge in [-0.05, 0) is 115 Å². The third-order valence-electron chi connectivity index (χ3n) is 7.02. The van der Waals surface area contributed by atoms with Crippen molar-refractivity contribution < 1.29 is 0 Å². The summed E-state index contributed by atoms with van der Waals surface area (Å²) in [5, 5.41) is 4.28. The fraction of sp³-hybridized carbons (Fsp3) is 0.458. The van der Waals surface area contributed by atoms with Crippen molar-refractivity contribution in [2.45, 2.75) is 31.7 Å². The Labute approximate surface area is 200 Å². The summed E-state index contributed by atoms with van der Waals surface area (Å²) in [7, 11) is 0. The molecule has 2 saturated heterocycles. The number of nitrogens with zero attached hydrogens (tertiary/aromatic N) is 2. The van der Waals surface area contributed by atoms with Crippen LogP contribution in [0.5, 0.6) is 0 Å². The number of benzene rings is 1. The zero-order chi connectivity index (χ0) is 20.7. The average Bonchev–Trinajstić information content (AvgIpc) is 2.88. The molecule has 1 aromatic heterocycles. The van der Waals surface area contributed by atoms with E-state index in [1.807, 2.05) is 12.3 Å². The Kier molecular flexibility index (Phi) is 6.36. The van der Waals surface area contributed by atoms with Crippen molar-refractivity contribution in [2.24, 2.45) is 11.8 Å². The first-order valence-corrected chi connectivity index (χ1v) is 12.8. The summed E-state index contributed by atoms with van der Waals surface area (Å²) >= 11 is 13.8. The highest BCUT2D eigenvalue weighted by molar-refractivity contribution is 9.15. The molecule has 0 amide bonds. The van der Waals surface area contributed by atoms with Gasteiger partial charge in [0.1, 0.15) is 0 Å². The molecule has 3 heterocycles. The number of piperidine rings is 2. The lowest BCUT2D eigenvalue weighted by molar-refractivity contribution is 0.108. The monoisotopic (exact) mass is 549 g/mol. The SMILES string of the molecule is Clc1ccc2c(c1)C=C(Br)c1cc(Br)cnc1C2N1CCC(C2CCNCC2)CC1. The fourth-order valence-corrected chi connectivity index (χ4v) is 6.55. The first-order valence-electron chi connectivity index (χ1n) is 10.9. The van der Waals surface area contributed by atoms with Crippen LogP contribution in [0.15, 0.2) is 34.9 Å². The molecule has 1 N–H and O–H groups in total. The van der Waals surface area contributed by atoms with E-state index >= 15 is 0 Å². The molecule has 2 aromatic rings. The van der Waals surface area contributed by atoms with Crippen LogP contribution in [0.4, 0.5) is 0 Å². The van der Waals surface area contributed by atoms with Crippen LogP contribution in [-0.4, -0.2) is 36.1 Å². The summed E-state index contributed by atoms with van der Waals surface area (Å²) in [5.41, 5.74) is 4.75. The van der Waals surface area contributed by atoms with Crippen molar-refractivity contribution in [3.8, 4) is 0 Å². The standard InChI is InChI=1S/C24H26Br2ClN3/c25-18-13-21-22(26)12-17-11-19(27)1-2-20(17)24(23(21)29-14-18)30-9-5-16(6-10-30)15-3-7-28-8-4-15/h1-2,11-16,24,28H,3-10H2. The van der Waals surface area contributed by atoms with E-state index in [0.29, 0.717) is 0 Å². The van der Waals surface area contributed by atoms with Gasteiger partial charge in [-0.3, -0.25) is 9.88 Å². The molecular weight excluding hydrogens is 526 g/mol. The molecule has 1 aliphatic carbocycles. The molecule has 1 unspecified atom stereocenters. The first kappa shape index (κ1) is 21.1. The second kappa shape index (κ2) is 9.03. The lowest BCUT2D eigenvalue weighted by atomic mass is 9.78. The molecule has 2 aliphatic heterocycles. The lowest BCUT2D eigenvalue weighted by Crippen LogP contribution is -2.41. The first-order chi connectivity index (χ1) is 14.6. The summed E-state index contributed by atoms with van der Waals surface area (Å²) < 4.78 is 2.06. The van der Waals surface area contributed by atoms with Gasteiger partial charge in [-0.1, -0.05) is 33.6 Å². The Morgan fingerprint density at radius 3 is 2.50 bits per heavy atom. The van der Waals surface area contributed by atoms with Crippen molar-refractivity contribution in [1.82, 2.24) is 15.2 Å². The predicted octanol–water partition coefficient (Wildman–Crippen LogP) is 6.50. The molecule has 0 spiro atoms. The average molecular weight is 552 g/mol. The molecule has 0 saturated carbocycles. The van der Waals surface area contributed by atoms with E-state index in [4.69, 9.17) is 16.6 Å². The number of fused-ring (bicyclic) bond motifs is 2. The molecule has 30 heavy (non-hydrogen) atoms. The topological polar surface area (TPSA) is 28.2 Å². The Bertz CT molecular complexity index is 963. The molecular formula is C24H26Br2ClN3. The zero-order valence-corrected chi connectivity index (χ0v) is 20.8. The second-order valence-electron chi connectivity index (χ2n) is 8.72. The Balaban J connectivity index is 1.49. The van der Waals surface area contributed by atoms with Gasteiger partial charge < -0.3 is 5.32 Å². The summed E-state index contributed by atoms with van der Waals surface area (Å²) in [6, 6.07) is 8.61. The molecule has 1 atom stereocenters. The Morgan fingerprint density at radius 2 is 1.73 bits per heavy atom. The summed E-state index contributed by atoms with van der Waals surface area (Å²) in [6.07, 6.45) is 9.36. The predicted molar refractivity (Wildman–Crippen MR) is 132 cm³/mol. The lowest BCUT2D eigenvalue weighted by Gasteiger charge is -2.41. The minimum Gasteiger partial charge on any atom is -0.317 e. The van der Waals surface area contributed by atoms with E-state index in [2.05, 4.69) is 66.4 Å². The zero-order valence-electron chi connectivity index (χ0n) is 16.9. The van der Waals surface area contributed by atoms with Gasteiger partial charge in [0.15, 0.2) is 0 Å². The van der Waals surface area contributed by atoms with Gasteiger partial charge in [0.2, 0.25) is 0 Å². The number of nitrogens with one attached hydrogen (secondary N) is 1. The van der Waals surface area contributed by atoms with Crippen molar-refractivity contribution in [3.63, 3.8) is 0 Å². The number of hydrogen-bond acceptors (Lipinski definition) is 3. The maximum atomic E-state index is 6.37. The van der Waals surface area contributed by atoms with E-state index in [0.717, 1.165) is 50.2 Å². The normalized spacial score (nSPS) is 23.4. The molecule has 1 aromatic carbocycles. The van der Waals surface area contributed by atoms with E-state index in [-0.39, 0.29) is 6.04 Å². The van der Waals surface area contributed by atoms with Gasteiger partial charge in [0.05, 0.1) is 11.7 Å². The van der Waals surface area contributed by atoms with E-state index in [9.17, 15) is 0 Å². The van der Waals surface area contributed by atoms with Gasteiger partial charge in [0.25, 0.3) is 0 Å². The van der Waals surface area contributed by atoms with Gasteiger partial charge >= 0.3 is 0 Å². The van der Waals surface area contributed by atoms with E-state index in [1.165, 1.54) is 49.9 Å². The molecule has 3 aliphatic rings. The minimum absolute atomic E-state index is 0.153.